The highest BCUT2D eigenvalue weighted by molar-refractivity contribution is 6.31. The third-order valence-electron chi connectivity index (χ3n) is 4.94. The van der Waals surface area contributed by atoms with E-state index in [1.807, 2.05) is 0 Å². The molecule has 0 aliphatic carbocycles. The average Bonchev–Trinajstić information content (AvgIpc) is 3.00. The number of likely N-dealkylation sites (tertiary alicyclic amines) is 1. The van der Waals surface area contributed by atoms with Gasteiger partial charge in [-0.1, -0.05) is 11.6 Å². The Morgan fingerprint density at radius 3 is 2.55 bits per heavy atom. The number of aryl methyl sites for hydroxylation is 1. The SMILES string of the molecule is CCOC(=O)C1CCN(C(=O)/C=C/c2c(C)nn(-c3ccc(F)cc3)c2Cl)CC1. The van der Waals surface area contributed by atoms with E-state index in [4.69, 9.17) is 16.3 Å². The molecule has 1 amide bonds. The van der Waals surface area contributed by atoms with Crippen LogP contribution in [0.1, 0.15) is 31.0 Å². The summed E-state index contributed by atoms with van der Waals surface area (Å²) in [5.74, 6) is -0.817. The monoisotopic (exact) mass is 419 g/mol. The van der Waals surface area contributed by atoms with Crippen molar-refractivity contribution >= 4 is 29.6 Å². The third kappa shape index (κ3) is 4.85. The number of amides is 1. The van der Waals surface area contributed by atoms with Gasteiger partial charge in [0, 0.05) is 24.7 Å². The van der Waals surface area contributed by atoms with Crippen molar-refractivity contribution in [2.24, 2.45) is 5.92 Å². The number of ether oxygens (including phenoxy) is 1. The van der Waals surface area contributed by atoms with Crippen molar-refractivity contribution in [1.82, 2.24) is 14.7 Å². The molecule has 1 aromatic heterocycles. The minimum atomic E-state index is -0.341. The van der Waals surface area contributed by atoms with E-state index in [1.165, 1.54) is 22.9 Å². The molecule has 0 atom stereocenters. The first-order chi connectivity index (χ1) is 13.9. The van der Waals surface area contributed by atoms with Gasteiger partial charge in [0.15, 0.2) is 0 Å². The van der Waals surface area contributed by atoms with Crippen LogP contribution in [0.5, 0.6) is 0 Å². The zero-order chi connectivity index (χ0) is 21.0. The Labute approximate surface area is 173 Å². The van der Waals surface area contributed by atoms with Gasteiger partial charge in [-0.3, -0.25) is 9.59 Å². The number of rotatable bonds is 5. The molecule has 0 unspecified atom stereocenters. The quantitative estimate of drug-likeness (QED) is 0.546. The highest BCUT2D eigenvalue weighted by Gasteiger charge is 2.27. The predicted molar refractivity (Wildman–Crippen MR) is 108 cm³/mol. The second-order valence-corrected chi connectivity index (χ2v) is 7.22. The zero-order valence-corrected chi connectivity index (χ0v) is 17.2. The first kappa shape index (κ1) is 21.0. The maximum absolute atomic E-state index is 13.1. The lowest BCUT2D eigenvalue weighted by Crippen LogP contribution is -2.39. The molecule has 1 aliphatic rings. The van der Waals surface area contributed by atoms with Crippen molar-refractivity contribution in [3.63, 3.8) is 0 Å². The van der Waals surface area contributed by atoms with Gasteiger partial charge in [0.05, 0.1) is 23.9 Å². The largest absolute Gasteiger partial charge is 0.466 e. The summed E-state index contributed by atoms with van der Waals surface area (Å²) < 4.78 is 19.7. The number of nitrogens with zero attached hydrogens (tertiary/aromatic N) is 3. The van der Waals surface area contributed by atoms with Crippen molar-refractivity contribution in [3.8, 4) is 5.69 Å². The van der Waals surface area contributed by atoms with Crippen molar-refractivity contribution in [2.45, 2.75) is 26.7 Å². The molecule has 2 heterocycles. The van der Waals surface area contributed by atoms with Crippen LogP contribution in [0, 0.1) is 18.7 Å². The zero-order valence-electron chi connectivity index (χ0n) is 16.4. The molecule has 29 heavy (non-hydrogen) atoms. The molecular weight excluding hydrogens is 397 g/mol. The minimum Gasteiger partial charge on any atom is -0.466 e. The van der Waals surface area contributed by atoms with Crippen LogP contribution in [0.3, 0.4) is 0 Å². The fraction of sp³-hybridized carbons (Fsp3) is 0.381. The number of benzene rings is 1. The number of piperidine rings is 1. The molecule has 0 saturated carbocycles. The molecule has 1 aliphatic heterocycles. The Morgan fingerprint density at radius 2 is 1.93 bits per heavy atom. The van der Waals surface area contributed by atoms with Gasteiger partial charge in [0.25, 0.3) is 0 Å². The van der Waals surface area contributed by atoms with E-state index < -0.39 is 0 Å². The van der Waals surface area contributed by atoms with Crippen molar-refractivity contribution in [3.05, 3.63) is 52.6 Å². The van der Waals surface area contributed by atoms with E-state index in [9.17, 15) is 14.0 Å². The molecule has 2 aromatic rings. The molecule has 0 radical (unpaired) electrons. The van der Waals surface area contributed by atoms with E-state index in [1.54, 1.807) is 37.0 Å². The van der Waals surface area contributed by atoms with Crippen LogP contribution < -0.4 is 0 Å². The summed E-state index contributed by atoms with van der Waals surface area (Å²) >= 11 is 6.44. The first-order valence-corrected chi connectivity index (χ1v) is 9.93. The van der Waals surface area contributed by atoms with Crippen LogP contribution in [0.25, 0.3) is 11.8 Å². The summed E-state index contributed by atoms with van der Waals surface area (Å²) in [6.07, 6.45) is 4.31. The molecule has 1 fully saturated rings. The number of aromatic nitrogens is 2. The maximum atomic E-state index is 13.1. The van der Waals surface area contributed by atoms with E-state index in [0.29, 0.717) is 54.6 Å². The highest BCUT2D eigenvalue weighted by Crippen LogP contribution is 2.25. The molecule has 0 spiro atoms. The standard InChI is InChI=1S/C21H23ClFN3O3/c1-3-29-21(28)15-10-12-25(13-11-15)19(27)9-8-18-14(2)24-26(20(18)22)17-6-4-16(23)5-7-17/h4-9,15H,3,10-13H2,1-2H3/b9-8+. The summed E-state index contributed by atoms with van der Waals surface area (Å²) in [7, 11) is 0. The molecular formula is C21H23ClFN3O3. The molecule has 3 rings (SSSR count). The van der Waals surface area contributed by atoms with Gasteiger partial charge in [-0.25, -0.2) is 9.07 Å². The summed E-state index contributed by atoms with van der Waals surface area (Å²) in [6.45, 7) is 4.96. The summed E-state index contributed by atoms with van der Waals surface area (Å²) in [5, 5.41) is 4.73. The van der Waals surface area contributed by atoms with Crippen LogP contribution in [0.2, 0.25) is 5.15 Å². The van der Waals surface area contributed by atoms with Gasteiger partial charge in [-0.15, -0.1) is 0 Å². The Morgan fingerprint density at radius 1 is 1.28 bits per heavy atom. The fourth-order valence-electron chi connectivity index (χ4n) is 3.31. The molecule has 1 aromatic carbocycles. The topological polar surface area (TPSA) is 64.4 Å². The fourth-order valence-corrected chi connectivity index (χ4v) is 3.64. The second kappa shape index (κ2) is 9.22. The Kier molecular flexibility index (Phi) is 6.69. The Bertz CT molecular complexity index is 916. The van der Waals surface area contributed by atoms with Crippen LogP contribution in [-0.4, -0.2) is 46.3 Å². The van der Waals surface area contributed by atoms with E-state index in [0.717, 1.165) is 0 Å². The van der Waals surface area contributed by atoms with Crippen LogP contribution in [0.15, 0.2) is 30.3 Å². The lowest BCUT2D eigenvalue weighted by atomic mass is 9.97. The number of carbonyl (C=O) groups is 2. The highest BCUT2D eigenvalue weighted by atomic mass is 35.5. The smallest absolute Gasteiger partial charge is 0.309 e. The summed E-state index contributed by atoms with van der Waals surface area (Å²) in [6, 6.07) is 5.84. The van der Waals surface area contributed by atoms with Gasteiger partial charge >= 0.3 is 5.97 Å². The van der Waals surface area contributed by atoms with Gasteiger partial charge in [0.1, 0.15) is 11.0 Å². The van der Waals surface area contributed by atoms with E-state index in [2.05, 4.69) is 5.10 Å². The molecule has 154 valence electrons. The summed E-state index contributed by atoms with van der Waals surface area (Å²) in [4.78, 5) is 26.0. The van der Waals surface area contributed by atoms with Crippen LogP contribution in [0.4, 0.5) is 4.39 Å². The maximum Gasteiger partial charge on any atom is 0.309 e. The normalized spacial score (nSPS) is 15.1. The number of halogens is 2. The molecule has 0 N–H and O–H groups in total. The number of carbonyl (C=O) groups excluding carboxylic acids is 2. The Balaban J connectivity index is 1.67. The molecule has 8 heteroatoms. The van der Waals surface area contributed by atoms with Crippen LogP contribution in [-0.2, 0) is 14.3 Å². The summed E-state index contributed by atoms with van der Waals surface area (Å²) in [5.41, 5.74) is 1.92. The lowest BCUT2D eigenvalue weighted by molar-refractivity contribution is -0.150. The van der Waals surface area contributed by atoms with Gasteiger partial charge in [-0.2, -0.15) is 5.10 Å². The Hall–Kier alpha value is -2.67. The molecule has 0 bridgehead atoms. The van der Waals surface area contributed by atoms with Crippen LogP contribution >= 0.6 is 11.6 Å². The van der Waals surface area contributed by atoms with Gasteiger partial charge in [0.2, 0.25) is 5.91 Å². The van der Waals surface area contributed by atoms with Crippen molar-refractivity contribution in [1.29, 1.82) is 0 Å². The van der Waals surface area contributed by atoms with E-state index >= 15 is 0 Å². The lowest BCUT2D eigenvalue weighted by Gasteiger charge is -2.30. The van der Waals surface area contributed by atoms with Crippen molar-refractivity contribution < 1.29 is 18.7 Å². The molecule has 6 nitrogen and oxygen atoms in total. The minimum absolute atomic E-state index is 0.141. The van der Waals surface area contributed by atoms with Gasteiger partial charge in [-0.05, 0) is 57.0 Å². The second-order valence-electron chi connectivity index (χ2n) is 6.86. The van der Waals surface area contributed by atoms with Gasteiger partial charge < -0.3 is 9.64 Å². The number of hydrogen-bond donors (Lipinski definition) is 0. The first-order valence-electron chi connectivity index (χ1n) is 9.55. The number of esters is 1. The van der Waals surface area contributed by atoms with E-state index in [-0.39, 0.29) is 23.6 Å². The predicted octanol–water partition coefficient (Wildman–Crippen LogP) is 3.79. The third-order valence-corrected chi connectivity index (χ3v) is 5.30. The molecule has 1 saturated heterocycles. The average molecular weight is 420 g/mol. The number of hydrogen-bond acceptors (Lipinski definition) is 4. The van der Waals surface area contributed by atoms with Crippen molar-refractivity contribution in [2.75, 3.05) is 19.7 Å².